The van der Waals surface area contributed by atoms with Gasteiger partial charge < -0.3 is 10.6 Å². The van der Waals surface area contributed by atoms with Crippen molar-refractivity contribution in [2.45, 2.75) is 26.2 Å². The lowest BCUT2D eigenvalue weighted by Gasteiger charge is -2.24. The number of benzene rings is 2. The molecule has 0 radical (unpaired) electrons. The van der Waals surface area contributed by atoms with Crippen LogP contribution < -0.4 is 16.2 Å². The number of nitrogens with one attached hydrogen (secondary N) is 2. The number of hydrogen-bond acceptors (Lipinski definition) is 3. The molecule has 7 heteroatoms. The Morgan fingerprint density at radius 2 is 1.81 bits per heavy atom. The number of nitrogens with zero attached hydrogens (tertiary/aromatic N) is 1. The first-order valence-corrected chi connectivity index (χ1v) is 10.2. The molecule has 1 aliphatic heterocycles. The van der Waals surface area contributed by atoms with E-state index in [1.807, 2.05) is 26.0 Å². The summed E-state index contributed by atoms with van der Waals surface area (Å²) < 4.78 is 14.9. The highest BCUT2D eigenvalue weighted by Gasteiger charge is 2.29. The van der Waals surface area contributed by atoms with E-state index in [0.717, 1.165) is 11.1 Å². The summed E-state index contributed by atoms with van der Waals surface area (Å²) in [6.07, 6.45) is 3.23. The smallest absolute Gasteiger partial charge is 0.255 e. The summed E-state index contributed by atoms with van der Waals surface area (Å²) in [5.41, 5.74) is 3.80. The number of aryl methyl sites for hydroxylation is 2. The molecule has 0 bridgehead atoms. The average Bonchev–Trinajstić information content (AvgIpc) is 2.77. The third-order valence-corrected chi connectivity index (χ3v) is 5.49. The number of aromatic nitrogens is 1. The largest absolute Gasteiger partial charge is 0.332 e. The first-order valence-electron chi connectivity index (χ1n) is 10.2. The Balaban J connectivity index is 1.65. The molecule has 2 aromatic carbocycles. The SMILES string of the molecule is Cc1ccc(=O)n(-c2ccc(C)c(NC(=O)C3=CNC(=O)CC3c3ccc(F)cc3)c2)c1. The number of hydrogen-bond donors (Lipinski definition) is 2. The molecule has 4 rings (SSSR count). The summed E-state index contributed by atoms with van der Waals surface area (Å²) in [7, 11) is 0. The summed E-state index contributed by atoms with van der Waals surface area (Å²) in [5, 5.41) is 5.50. The summed E-state index contributed by atoms with van der Waals surface area (Å²) in [6, 6.07) is 14.4. The van der Waals surface area contributed by atoms with E-state index in [1.165, 1.54) is 29.0 Å². The van der Waals surface area contributed by atoms with Crippen molar-refractivity contribution in [1.82, 2.24) is 9.88 Å². The van der Waals surface area contributed by atoms with Crippen molar-refractivity contribution >= 4 is 17.5 Å². The van der Waals surface area contributed by atoms with E-state index in [9.17, 15) is 18.8 Å². The molecule has 1 atom stereocenters. The highest BCUT2D eigenvalue weighted by molar-refractivity contribution is 6.06. The number of pyridine rings is 1. The van der Waals surface area contributed by atoms with Gasteiger partial charge in [-0.05, 0) is 54.8 Å². The molecule has 1 aliphatic rings. The lowest BCUT2D eigenvalue weighted by molar-refractivity contribution is -0.121. The van der Waals surface area contributed by atoms with E-state index in [4.69, 9.17) is 0 Å². The van der Waals surface area contributed by atoms with Crippen LogP contribution in [0.5, 0.6) is 0 Å². The predicted molar refractivity (Wildman–Crippen MR) is 120 cm³/mol. The summed E-state index contributed by atoms with van der Waals surface area (Å²) in [4.78, 5) is 37.4. The minimum atomic E-state index is -0.493. The molecule has 2 heterocycles. The van der Waals surface area contributed by atoms with Gasteiger partial charge in [0.2, 0.25) is 5.91 Å². The topological polar surface area (TPSA) is 80.2 Å². The van der Waals surface area contributed by atoms with Crippen molar-refractivity contribution < 1.29 is 14.0 Å². The number of rotatable bonds is 4. The van der Waals surface area contributed by atoms with Gasteiger partial charge in [0.1, 0.15) is 5.82 Å². The van der Waals surface area contributed by atoms with E-state index in [-0.39, 0.29) is 29.6 Å². The van der Waals surface area contributed by atoms with Crippen molar-refractivity contribution in [1.29, 1.82) is 0 Å². The molecule has 2 amide bonds. The van der Waals surface area contributed by atoms with Gasteiger partial charge in [0.15, 0.2) is 0 Å². The van der Waals surface area contributed by atoms with Gasteiger partial charge in [-0.15, -0.1) is 0 Å². The number of anilines is 1. The highest BCUT2D eigenvalue weighted by atomic mass is 19.1. The molecule has 0 aliphatic carbocycles. The van der Waals surface area contributed by atoms with Gasteiger partial charge in [-0.3, -0.25) is 19.0 Å². The minimum Gasteiger partial charge on any atom is -0.332 e. The lowest BCUT2D eigenvalue weighted by Crippen LogP contribution is -2.32. The Hall–Kier alpha value is -4.00. The zero-order valence-corrected chi connectivity index (χ0v) is 17.7. The van der Waals surface area contributed by atoms with Gasteiger partial charge in [-0.25, -0.2) is 4.39 Å². The maximum absolute atomic E-state index is 13.4. The first kappa shape index (κ1) is 21.2. The molecule has 0 saturated heterocycles. The third-order valence-electron chi connectivity index (χ3n) is 5.49. The second-order valence-corrected chi connectivity index (χ2v) is 7.84. The quantitative estimate of drug-likeness (QED) is 0.661. The van der Waals surface area contributed by atoms with Crippen LogP contribution in [0.15, 0.2) is 77.4 Å². The van der Waals surface area contributed by atoms with E-state index in [1.54, 1.807) is 30.5 Å². The van der Waals surface area contributed by atoms with Crippen molar-refractivity contribution in [3.63, 3.8) is 0 Å². The van der Waals surface area contributed by atoms with Crippen LogP contribution in [0, 0.1) is 19.7 Å². The lowest BCUT2D eigenvalue weighted by atomic mass is 9.86. The monoisotopic (exact) mass is 431 g/mol. The normalized spacial score (nSPS) is 15.7. The molecule has 1 aromatic heterocycles. The molecule has 3 aromatic rings. The average molecular weight is 431 g/mol. The van der Waals surface area contributed by atoms with Crippen molar-refractivity contribution in [2.24, 2.45) is 0 Å². The van der Waals surface area contributed by atoms with Crippen LogP contribution in [-0.4, -0.2) is 16.4 Å². The number of amides is 2. The molecular formula is C25H22FN3O3. The van der Waals surface area contributed by atoms with Crippen molar-refractivity contribution in [2.75, 3.05) is 5.32 Å². The standard InChI is InChI=1S/C25H22FN3O3/c1-15-3-10-24(31)29(14-15)19-9-4-16(2)22(11-19)28-25(32)21-13-27-23(30)12-20(21)17-5-7-18(26)8-6-17/h3-11,13-14,20H,12H2,1-2H3,(H,27,30)(H,28,32). The maximum Gasteiger partial charge on any atom is 0.255 e. The molecular weight excluding hydrogens is 409 g/mol. The van der Waals surface area contributed by atoms with Crippen LogP contribution in [0.3, 0.4) is 0 Å². The Morgan fingerprint density at radius 3 is 2.56 bits per heavy atom. The fraction of sp³-hybridized carbons (Fsp3) is 0.160. The Labute approximate surface area is 184 Å². The molecule has 162 valence electrons. The van der Waals surface area contributed by atoms with Crippen molar-refractivity contribution in [3.05, 3.63) is 105 Å². The van der Waals surface area contributed by atoms with Gasteiger partial charge in [0.25, 0.3) is 11.5 Å². The Bertz CT molecular complexity index is 1290. The van der Waals surface area contributed by atoms with Gasteiger partial charge in [-0.2, -0.15) is 0 Å². The van der Waals surface area contributed by atoms with Gasteiger partial charge in [0.05, 0.1) is 5.69 Å². The van der Waals surface area contributed by atoms with E-state index in [2.05, 4.69) is 10.6 Å². The van der Waals surface area contributed by atoms with Crippen LogP contribution in [0.4, 0.5) is 10.1 Å². The zero-order valence-electron chi connectivity index (χ0n) is 17.7. The second kappa shape index (κ2) is 8.63. The highest BCUT2D eigenvalue weighted by Crippen LogP contribution is 2.31. The minimum absolute atomic E-state index is 0.0859. The molecule has 2 N–H and O–H groups in total. The number of halogens is 1. The maximum atomic E-state index is 13.4. The second-order valence-electron chi connectivity index (χ2n) is 7.84. The molecule has 0 fully saturated rings. The third kappa shape index (κ3) is 4.37. The molecule has 1 unspecified atom stereocenters. The van der Waals surface area contributed by atoms with Gasteiger partial charge in [0, 0.05) is 42.1 Å². The van der Waals surface area contributed by atoms with Gasteiger partial charge in [-0.1, -0.05) is 24.3 Å². The summed E-state index contributed by atoms with van der Waals surface area (Å²) >= 11 is 0. The van der Waals surface area contributed by atoms with Gasteiger partial charge >= 0.3 is 0 Å². The number of carbonyl (C=O) groups excluding carboxylic acids is 2. The molecule has 32 heavy (non-hydrogen) atoms. The van der Waals surface area contributed by atoms with Crippen LogP contribution in [0.2, 0.25) is 0 Å². The first-order chi connectivity index (χ1) is 15.3. The molecule has 6 nitrogen and oxygen atoms in total. The Morgan fingerprint density at radius 1 is 1.06 bits per heavy atom. The van der Waals surface area contributed by atoms with Crippen LogP contribution in [-0.2, 0) is 9.59 Å². The van der Waals surface area contributed by atoms with Crippen LogP contribution >= 0.6 is 0 Å². The molecule has 0 spiro atoms. The Kier molecular flexibility index (Phi) is 5.73. The van der Waals surface area contributed by atoms with E-state index in [0.29, 0.717) is 22.5 Å². The predicted octanol–water partition coefficient (Wildman–Crippen LogP) is 3.72. The zero-order chi connectivity index (χ0) is 22.8. The summed E-state index contributed by atoms with van der Waals surface area (Å²) in [6.45, 7) is 3.75. The van der Waals surface area contributed by atoms with Crippen molar-refractivity contribution in [3.8, 4) is 5.69 Å². The summed E-state index contributed by atoms with van der Waals surface area (Å²) in [5.74, 6) is -1.47. The van der Waals surface area contributed by atoms with E-state index < -0.39 is 5.92 Å². The van der Waals surface area contributed by atoms with Crippen LogP contribution in [0.25, 0.3) is 5.69 Å². The van der Waals surface area contributed by atoms with E-state index >= 15 is 0 Å². The fourth-order valence-electron chi connectivity index (χ4n) is 3.71. The fourth-order valence-corrected chi connectivity index (χ4v) is 3.71. The number of carbonyl (C=O) groups is 2. The van der Waals surface area contributed by atoms with Crippen LogP contribution in [0.1, 0.15) is 29.0 Å². The molecule has 0 saturated carbocycles.